The zero-order chi connectivity index (χ0) is 19.2. The molecule has 0 spiro atoms. The van der Waals surface area contributed by atoms with Crippen LogP contribution in [0.3, 0.4) is 0 Å². The molecule has 2 aromatic carbocycles. The van der Waals surface area contributed by atoms with Crippen LogP contribution in [-0.4, -0.2) is 27.3 Å². The first-order chi connectivity index (χ1) is 12.8. The minimum atomic E-state index is -5.34. The van der Waals surface area contributed by atoms with E-state index >= 15 is 0 Å². The first kappa shape index (κ1) is 18.0. The first-order valence-electron chi connectivity index (χ1n) is 8.35. The summed E-state index contributed by atoms with van der Waals surface area (Å²) in [5, 5.41) is 0. The van der Waals surface area contributed by atoms with Gasteiger partial charge in [-0.1, -0.05) is 6.07 Å². The third kappa shape index (κ3) is 3.09. The molecule has 0 radical (unpaired) electrons. The molecule has 1 saturated heterocycles. The van der Waals surface area contributed by atoms with Gasteiger partial charge in [-0.15, -0.1) is 0 Å². The quantitative estimate of drug-likeness (QED) is 0.780. The summed E-state index contributed by atoms with van der Waals surface area (Å²) < 4.78 is 71.8. The fourth-order valence-electron chi connectivity index (χ4n) is 3.49. The predicted octanol–water partition coefficient (Wildman–Crippen LogP) is 4.05. The molecular weight excluding hydrogens is 383 g/mol. The van der Waals surface area contributed by atoms with E-state index in [0.717, 1.165) is 37.1 Å². The Morgan fingerprint density at radius 2 is 1.70 bits per heavy atom. The van der Waals surface area contributed by atoms with E-state index in [2.05, 4.69) is 4.90 Å². The number of alkyl halides is 3. The molecule has 1 fully saturated rings. The Balaban J connectivity index is 1.61. The second kappa shape index (κ2) is 6.33. The standard InChI is InChI=1S/C18H16F3NO4S/c19-18(20,21)27(23,24)14-6-4-13(5-7-14)22-9-1-2-15(22)12-3-8-16-17(10-12)26-11-25-16/h3-8,10,15H,1-2,9,11H2/t15-/m0/s1. The minimum absolute atomic E-state index is 0.0320. The predicted molar refractivity (Wildman–Crippen MR) is 91.6 cm³/mol. The SMILES string of the molecule is O=S(=O)(c1ccc(N2CCC[C@H]2c2ccc3c(c2)OCO3)cc1)C(F)(F)F. The highest BCUT2D eigenvalue weighted by Gasteiger charge is 2.46. The maximum atomic E-state index is 12.7. The summed E-state index contributed by atoms with van der Waals surface area (Å²) in [6.45, 7) is 0.910. The summed E-state index contributed by atoms with van der Waals surface area (Å²) in [7, 11) is -5.34. The van der Waals surface area contributed by atoms with Gasteiger partial charge in [-0.2, -0.15) is 13.2 Å². The number of hydrogen-bond acceptors (Lipinski definition) is 5. The van der Waals surface area contributed by atoms with Crippen molar-refractivity contribution < 1.29 is 31.1 Å². The highest BCUT2D eigenvalue weighted by molar-refractivity contribution is 7.92. The Bertz CT molecular complexity index is 958. The van der Waals surface area contributed by atoms with Crippen LogP contribution in [-0.2, 0) is 9.84 Å². The van der Waals surface area contributed by atoms with Gasteiger partial charge >= 0.3 is 5.51 Å². The third-order valence-corrected chi connectivity index (χ3v) is 6.32. The lowest BCUT2D eigenvalue weighted by molar-refractivity contribution is -0.0436. The molecule has 2 aliphatic heterocycles. The smallest absolute Gasteiger partial charge is 0.454 e. The fourth-order valence-corrected chi connectivity index (χ4v) is 4.25. The van der Waals surface area contributed by atoms with Crippen molar-refractivity contribution in [3.63, 3.8) is 0 Å². The van der Waals surface area contributed by atoms with Crippen molar-refractivity contribution in [3.8, 4) is 11.5 Å². The maximum absolute atomic E-state index is 12.7. The average molecular weight is 399 g/mol. The molecule has 5 nitrogen and oxygen atoms in total. The van der Waals surface area contributed by atoms with E-state index in [4.69, 9.17) is 9.47 Å². The molecule has 9 heteroatoms. The monoisotopic (exact) mass is 399 g/mol. The number of fused-ring (bicyclic) bond motifs is 1. The van der Waals surface area contributed by atoms with E-state index in [1.807, 2.05) is 18.2 Å². The molecule has 144 valence electrons. The zero-order valence-corrected chi connectivity index (χ0v) is 14.9. The van der Waals surface area contributed by atoms with Crippen LogP contribution in [0.1, 0.15) is 24.4 Å². The Morgan fingerprint density at radius 1 is 1.00 bits per heavy atom. The van der Waals surface area contributed by atoms with E-state index in [-0.39, 0.29) is 12.8 Å². The number of anilines is 1. The van der Waals surface area contributed by atoms with Gasteiger partial charge in [-0.25, -0.2) is 8.42 Å². The van der Waals surface area contributed by atoms with Gasteiger partial charge in [0.1, 0.15) is 0 Å². The summed E-state index contributed by atoms with van der Waals surface area (Å²) in [5.74, 6) is 1.36. The Morgan fingerprint density at radius 3 is 2.41 bits per heavy atom. The van der Waals surface area contributed by atoms with E-state index in [9.17, 15) is 21.6 Å². The molecule has 2 aliphatic rings. The van der Waals surface area contributed by atoms with Gasteiger partial charge in [0.2, 0.25) is 6.79 Å². The van der Waals surface area contributed by atoms with Crippen LogP contribution in [0.2, 0.25) is 0 Å². The highest BCUT2D eigenvalue weighted by Crippen LogP contribution is 2.41. The van der Waals surface area contributed by atoms with Crippen molar-refractivity contribution in [2.75, 3.05) is 18.2 Å². The van der Waals surface area contributed by atoms with E-state index in [1.54, 1.807) is 0 Å². The topological polar surface area (TPSA) is 55.8 Å². The van der Waals surface area contributed by atoms with Gasteiger partial charge in [-0.3, -0.25) is 0 Å². The molecule has 27 heavy (non-hydrogen) atoms. The number of ether oxygens (including phenoxy) is 2. The summed E-state index contributed by atoms with van der Waals surface area (Å²) in [6.07, 6.45) is 1.80. The fraction of sp³-hybridized carbons (Fsp3) is 0.333. The minimum Gasteiger partial charge on any atom is -0.454 e. The summed E-state index contributed by atoms with van der Waals surface area (Å²) in [4.78, 5) is 1.30. The van der Waals surface area contributed by atoms with Gasteiger partial charge in [-0.05, 0) is 54.8 Å². The lowest BCUT2D eigenvalue weighted by Crippen LogP contribution is -2.24. The molecule has 2 heterocycles. The molecule has 4 rings (SSSR count). The molecule has 0 N–H and O–H groups in total. The van der Waals surface area contributed by atoms with Crippen LogP contribution in [0.5, 0.6) is 11.5 Å². The largest absolute Gasteiger partial charge is 0.501 e. The van der Waals surface area contributed by atoms with Crippen LogP contribution >= 0.6 is 0 Å². The molecular formula is C18H16F3NO4S. The molecule has 0 aliphatic carbocycles. The molecule has 0 bridgehead atoms. The van der Waals surface area contributed by atoms with Crippen molar-refractivity contribution in [2.24, 2.45) is 0 Å². The second-order valence-corrected chi connectivity index (χ2v) is 8.35. The van der Waals surface area contributed by atoms with Gasteiger partial charge in [0.15, 0.2) is 11.5 Å². The van der Waals surface area contributed by atoms with Crippen molar-refractivity contribution in [1.29, 1.82) is 0 Å². The molecule has 0 unspecified atom stereocenters. The summed E-state index contributed by atoms with van der Waals surface area (Å²) in [6, 6.07) is 10.6. The Kier molecular flexibility index (Phi) is 4.21. The molecule has 0 amide bonds. The lowest BCUT2D eigenvalue weighted by Gasteiger charge is -2.27. The highest BCUT2D eigenvalue weighted by atomic mass is 32.2. The number of rotatable bonds is 3. The van der Waals surface area contributed by atoms with Gasteiger partial charge in [0, 0.05) is 12.2 Å². The third-order valence-electron chi connectivity index (χ3n) is 4.82. The lowest BCUT2D eigenvalue weighted by atomic mass is 10.0. The van der Waals surface area contributed by atoms with Crippen LogP contribution in [0, 0.1) is 0 Å². The van der Waals surface area contributed by atoms with Crippen molar-refractivity contribution in [1.82, 2.24) is 0 Å². The maximum Gasteiger partial charge on any atom is 0.501 e. The molecule has 0 aromatic heterocycles. The van der Waals surface area contributed by atoms with Gasteiger partial charge in [0.25, 0.3) is 9.84 Å². The number of sulfone groups is 1. The van der Waals surface area contributed by atoms with Crippen molar-refractivity contribution >= 4 is 15.5 Å². The second-order valence-electron chi connectivity index (χ2n) is 6.41. The zero-order valence-electron chi connectivity index (χ0n) is 14.1. The molecule has 2 aromatic rings. The van der Waals surface area contributed by atoms with Gasteiger partial charge in [0.05, 0.1) is 10.9 Å². The van der Waals surface area contributed by atoms with Gasteiger partial charge < -0.3 is 14.4 Å². The van der Waals surface area contributed by atoms with Crippen molar-refractivity contribution in [3.05, 3.63) is 48.0 Å². The van der Waals surface area contributed by atoms with E-state index < -0.39 is 20.2 Å². The normalized spacial score (nSPS) is 19.5. The van der Waals surface area contributed by atoms with E-state index in [0.29, 0.717) is 17.2 Å². The number of halogens is 3. The Hall–Kier alpha value is -2.42. The Labute approximate surface area is 154 Å². The van der Waals surface area contributed by atoms with Crippen LogP contribution < -0.4 is 14.4 Å². The number of benzene rings is 2. The van der Waals surface area contributed by atoms with Crippen LogP contribution in [0.25, 0.3) is 0 Å². The number of hydrogen-bond donors (Lipinski definition) is 0. The number of nitrogens with zero attached hydrogens (tertiary/aromatic N) is 1. The summed E-state index contributed by atoms with van der Waals surface area (Å²) in [5.41, 5.74) is -3.61. The molecule has 1 atom stereocenters. The van der Waals surface area contributed by atoms with E-state index in [1.165, 1.54) is 12.1 Å². The van der Waals surface area contributed by atoms with Crippen LogP contribution in [0.15, 0.2) is 47.4 Å². The summed E-state index contributed by atoms with van der Waals surface area (Å²) >= 11 is 0. The first-order valence-corrected chi connectivity index (χ1v) is 9.83. The average Bonchev–Trinajstić information content (AvgIpc) is 3.29. The van der Waals surface area contributed by atoms with Crippen LogP contribution in [0.4, 0.5) is 18.9 Å². The molecule has 0 saturated carbocycles. The van der Waals surface area contributed by atoms with Crippen molar-refractivity contribution in [2.45, 2.75) is 29.3 Å².